The van der Waals surface area contributed by atoms with Crippen LogP contribution >= 0.6 is 0 Å². The average molecular weight is 268 g/mol. The molecule has 2 aromatic rings. The standard InChI is InChI=1S/C18H24N2/c1-13(2)14-6-9-18(19,10-7-14)17-5-3-4-15-8-11-20-12-16(15)17/h3-5,8,11-14H,6-7,9-10,19H2,1-2H3. The SMILES string of the molecule is CC(C)C1CCC(N)(c2cccc3ccncc23)CC1. The molecule has 0 saturated heterocycles. The van der Waals surface area contributed by atoms with Crippen molar-refractivity contribution in [2.45, 2.75) is 45.1 Å². The normalized spacial score (nSPS) is 27.1. The third kappa shape index (κ3) is 2.33. The number of aromatic nitrogens is 1. The molecule has 2 N–H and O–H groups in total. The van der Waals surface area contributed by atoms with Gasteiger partial charge in [-0.2, -0.15) is 0 Å². The van der Waals surface area contributed by atoms with Crippen LogP contribution in [0.4, 0.5) is 0 Å². The zero-order valence-corrected chi connectivity index (χ0v) is 12.5. The second-order valence-corrected chi connectivity index (χ2v) is 6.64. The van der Waals surface area contributed by atoms with Crippen LogP contribution < -0.4 is 5.73 Å². The molecule has 1 aliphatic rings. The highest BCUT2D eigenvalue weighted by atomic mass is 14.8. The molecular formula is C18H24N2. The maximum atomic E-state index is 6.78. The number of hydrogen-bond acceptors (Lipinski definition) is 2. The van der Waals surface area contributed by atoms with E-state index in [0.29, 0.717) is 0 Å². The van der Waals surface area contributed by atoms with E-state index in [1.807, 2.05) is 12.4 Å². The Bertz CT molecular complexity index is 590. The van der Waals surface area contributed by atoms with Crippen molar-refractivity contribution in [2.24, 2.45) is 17.6 Å². The third-order valence-electron chi connectivity index (χ3n) is 5.09. The number of hydrogen-bond donors (Lipinski definition) is 1. The van der Waals surface area contributed by atoms with Crippen LogP contribution in [0.25, 0.3) is 10.8 Å². The Kier molecular flexibility index (Phi) is 3.51. The minimum atomic E-state index is -0.173. The number of nitrogens with zero attached hydrogens (tertiary/aromatic N) is 1. The fourth-order valence-corrected chi connectivity index (χ4v) is 3.64. The van der Waals surface area contributed by atoms with Crippen LogP contribution in [0.1, 0.15) is 45.1 Å². The predicted molar refractivity (Wildman–Crippen MR) is 84.4 cm³/mol. The van der Waals surface area contributed by atoms with Crippen molar-refractivity contribution in [1.29, 1.82) is 0 Å². The molecule has 1 fully saturated rings. The van der Waals surface area contributed by atoms with Gasteiger partial charge < -0.3 is 5.73 Å². The van der Waals surface area contributed by atoms with Gasteiger partial charge in [0.05, 0.1) is 0 Å². The molecule has 0 amide bonds. The van der Waals surface area contributed by atoms with Crippen LogP contribution in [0.2, 0.25) is 0 Å². The molecule has 1 saturated carbocycles. The molecule has 2 nitrogen and oxygen atoms in total. The van der Waals surface area contributed by atoms with Gasteiger partial charge in [-0.25, -0.2) is 0 Å². The summed E-state index contributed by atoms with van der Waals surface area (Å²) in [5, 5.41) is 2.47. The lowest BCUT2D eigenvalue weighted by Crippen LogP contribution is -2.41. The van der Waals surface area contributed by atoms with E-state index in [2.05, 4.69) is 43.1 Å². The number of fused-ring (bicyclic) bond motifs is 1. The minimum absolute atomic E-state index is 0.173. The Morgan fingerprint density at radius 3 is 2.65 bits per heavy atom. The molecule has 1 aromatic carbocycles. The second kappa shape index (κ2) is 5.17. The zero-order valence-electron chi connectivity index (χ0n) is 12.5. The summed E-state index contributed by atoms with van der Waals surface area (Å²) < 4.78 is 0. The molecule has 1 heterocycles. The van der Waals surface area contributed by atoms with Crippen molar-refractivity contribution in [3.8, 4) is 0 Å². The van der Waals surface area contributed by atoms with E-state index in [-0.39, 0.29) is 5.54 Å². The Morgan fingerprint density at radius 2 is 1.95 bits per heavy atom. The Hall–Kier alpha value is -1.41. The molecule has 3 rings (SSSR count). The fourth-order valence-electron chi connectivity index (χ4n) is 3.64. The maximum absolute atomic E-state index is 6.78. The van der Waals surface area contributed by atoms with E-state index >= 15 is 0 Å². The average Bonchev–Trinajstić information content (AvgIpc) is 2.47. The van der Waals surface area contributed by atoms with Gasteiger partial charge in [0.15, 0.2) is 0 Å². The highest BCUT2D eigenvalue weighted by Crippen LogP contribution is 2.41. The maximum Gasteiger partial charge on any atom is 0.0416 e. The molecule has 106 valence electrons. The number of rotatable bonds is 2. The first-order chi connectivity index (χ1) is 9.60. The monoisotopic (exact) mass is 268 g/mol. The highest BCUT2D eigenvalue weighted by Gasteiger charge is 2.35. The molecule has 0 spiro atoms. The van der Waals surface area contributed by atoms with Crippen molar-refractivity contribution in [3.63, 3.8) is 0 Å². The molecular weight excluding hydrogens is 244 g/mol. The van der Waals surface area contributed by atoms with Crippen molar-refractivity contribution in [1.82, 2.24) is 4.98 Å². The van der Waals surface area contributed by atoms with Crippen molar-refractivity contribution in [3.05, 3.63) is 42.2 Å². The molecule has 0 aliphatic heterocycles. The van der Waals surface area contributed by atoms with Crippen LogP contribution in [-0.4, -0.2) is 4.98 Å². The van der Waals surface area contributed by atoms with Gasteiger partial charge in [0.1, 0.15) is 0 Å². The summed E-state index contributed by atoms with van der Waals surface area (Å²) in [5.74, 6) is 1.61. The summed E-state index contributed by atoms with van der Waals surface area (Å²) >= 11 is 0. The molecule has 2 heteroatoms. The van der Waals surface area contributed by atoms with Crippen LogP contribution in [0.3, 0.4) is 0 Å². The summed E-state index contributed by atoms with van der Waals surface area (Å²) in [7, 11) is 0. The molecule has 0 bridgehead atoms. The molecule has 1 aromatic heterocycles. The van der Waals surface area contributed by atoms with E-state index in [9.17, 15) is 0 Å². The molecule has 1 aliphatic carbocycles. The number of pyridine rings is 1. The van der Waals surface area contributed by atoms with Gasteiger partial charge >= 0.3 is 0 Å². The lowest BCUT2D eigenvalue weighted by atomic mass is 9.70. The number of benzene rings is 1. The Labute approximate surface area is 121 Å². The summed E-state index contributed by atoms with van der Waals surface area (Å²) in [6.07, 6.45) is 8.47. The highest BCUT2D eigenvalue weighted by molar-refractivity contribution is 5.85. The lowest BCUT2D eigenvalue weighted by molar-refractivity contribution is 0.197. The van der Waals surface area contributed by atoms with Gasteiger partial charge in [-0.15, -0.1) is 0 Å². The van der Waals surface area contributed by atoms with E-state index in [4.69, 9.17) is 5.73 Å². The summed E-state index contributed by atoms with van der Waals surface area (Å²) in [6, 6.07) is 8.53. The van der Waals surface area contributed by atoms with Crippen LogP contribution in [-0.2, 0) is 5.54 Å². The first-order valence-electron chi connectivity index (χ1n) is 7.72. The van der Waals surface area contributed by atoms with Crippen LogP contribution in [0.5, 0.6) is 0 Å². The van der Waals surface area contributed by atoms with Gasteiger partial charge in [-0.1, -0.05) is 32.0 Å². The lowest BCUT2D eigenvalue weighted by Gasteiger charge is -2.39. The fraction of sp³-hybridized carbons (Fsp3) is 0.500. The smallest absolute Gasteiger partial charge is 0.0416 e. The summed E-state index contributed by atoms with van der Waals surface area (Å²) in [6.45, 7) is 4.66. The summed E-state index contributed by atoms with van der Waals surface area (Å²) in [4.78, 5) is 4.29. The van der Waals surface area contributed by atoms with E-state index in [0.717, 1.165) is 24.7 Å². The molecule has 0 unspecified atom stereocenters. The molecule has 0 atom stereocenters. The summed E-state index contributed by atoms with van der Waals surface area (Å²) in [5.41, 5.74) is 7.89. The van der Waals surface area contributed by atoms with Crippen molar-refractivity contribution >= 4 is 10.8 Å². The van der Waals surface area contributed by atoms with Gasteiger partial charge in [0.25, 0.3) is 0 Å². The molecule has 0 radical (unpaired) electrons. The third-order valence-corrected chi connectivity index (χ3v) is 5.09. The van der Waals surface area contributed by atoms with Gasteiger partial charge in [-0.3, -0.25) is 4.98 Å². The van der Waals surface area contributed by atoms with Gasteiger partial charge in [0.2, 0.25) is 0 Å². The van der Waals surface area contributed by atoms with E-state index < -0.39 is 0 Å². The largest absolute Gasteiger partial charge is 0.321 e. The number of nitrogens with two attached hydrogens (primary N) is 1. The van der Waals surface area contributed by atoms with Gasteiger partial charge in [-0.05, 0) is 54.5 Å². The predicted octanol–water partition coefficient (Wildman–Crippen LogP) is 4.24. The van der Waals surface area contributed by atoms with E-state index in [1.54, 1.807) is 0 Å². The van der Waals surface area contributed by atoms with Crippen LogP contribution in [0.15, 0.2) is 36.7 Å². The van der Waals surface area contributed by atoms with Crippen molar-refractivity contribution < 1.29 is 0 Å². The van der Waals surface area contributed by atoms with E-state index in [1.165, 1.54) is 29.2 Å². The topological polar surface area (TPSA) is 38.9 Å². The van der Waals surface area contributed by atoms with Gasteiger partial charge in [0, 0.05) is 23.3 Å². The molecule has 20 heavy (non-hydrogen) atoms. The zero-order chi connectivity index (χ0) is 14.2. The Balaban J connectivity index is 1.95. The second-order valence-electron chi connectivity index (χ2n) is 6.64. The Morgan fingerprint density at radius 1 is 1.20 bits per heavy atom. The minimum Gasteiger partial charge on any atom is -0.321 e. The van der Waals surface area contributed by atoms with Crippen LogP contribution in [0, 0.1) is 11.8 Å². The first kappa shape index (κ1) is 13.6. The quantitative estimate of drug-likeness (QED) is 0.885. The van der Waals surface area contributed by atoms with Crippen molar-refractivity contribution in [2.75, 3.05) is 0 Å². The first-order valence-corrected chi connectivity index (χ1v) is 7.72.